The lowest BCUT2D eigenvalue weighted by Crippen LogP contribution is -2.22. The first kappa shape index (κ1) is 24.1. The summed E-state index contributed by atoms with van der Waals surface area (Å²) < 4.78 is 6.14. The molecule has 0 saturated heterocycles. The summed E-state index contributed by atoms with van der Waals surface area (Å²) in [5, 5.41) is 3.69. The molecule has 41 heavy (non-hydrogen) atoms. The third-order valence-corrected chi connectivity index (χ3v) is 9.47. The van der Waals surface area contributed by atoms with E-state index < -0.39 is 0 Å². The summed E-state index contributed by atoms with van der Waals surface area (Å²) in [6.45, 7) is 2.35. The summed E-state index contributed by atoms with van der Waals surface area (Å²) in [4.78, 5) is 2.28. The summed E-state index contributed by atoms with van der Waals surface area (Å²) in [7, 11) is 0. The van der Waals surface area contributed by atoms with Crippen LogP contribution in [0.1, 0.15) is 23.6 Å². The maximum atomic E-state index is 6.14. The van der Waals surface area contributed by atoms with Crippen molar-refractivity contribution in [1.82, 2.24) is 0 Å². The zero-order valence-electron chi connectivity index (χ0n) is 22.6. The first-order chi connectivity index (χ1) is 20.2. The molecular weight excluding hydrogens is 518 g/mol. The minimum Gasteiger partial charge on any atom is -0.455 e. The van der Waals surface area contributed by atoms with Gasteiger partial charge in [0.15, 0.2) is 0 Å². The van der Waals surface area contributed by atoms with E-state index in [0.29, 0.717) is 0 Å². The van der Waals surface area contributed by atoms with Gasteiger partial charge in [-0.15, -0.1) is 0 Å². The fourth-order valence-electron chi connectivity index (χ4n) is 6.32. The molecule has 0 fully saturated rings. The van der Waals surface area contributed by atoms with Crippen LogP contribution in [0.25, 0.3) is 22.3 Å². The summed E-state index contributed by atoms with van der Waals surface area (Å²) in [5.41, 5.74) is 10.9. The Morgan fingerprint density at radius 1 is 0.537 bits per heavy atom. The molecule has 0 aromatic heterocycles. The molecule has 1 N–H and O–H groups in total. The molecule has 0 atom stereocenters. The Bertz CT molecular complexity index is 1910. The predicted molar refractivity (Wildman–Crippen MR) is 170 cm³/mol. The molecule has 1 aliphatic heterocycles. The molecule has 6 aromatic rings. The third-order valence-electron chi connectivity index (χ3n) is 8.38. The molecule has 0 amide bonds. The maximum Gasteiger partial charge on any atom is 0.141 e. The highest BCUT2D eigenvalue weighted by Gasteiger charge is 2.40. The van der Waals surface area contributed by atoms with E-state index in [0.717, 1.165) is 32.7 Å². The number of para-hydroxylation sites is 1. The Hall–Kier alpha value is -4.73. The number of ether oxygens (including phenoxy) is 1. The third kappa shape index (κ3) is 3.96. The van der Waals surface area contributed by atoms with Crippen LogP contribution in [0.3, 0.4) is 0 Å². The highest BCUT2D eigenvalue weighted by atomic mass is 32.2. The number of anilines is 2. The van der Waals surface area contributed by atoms with Crippen LogP contribution in [0, 0.1) is 0 Å². The van der Waals surface area contributed by atoms with Gasteiger partial charge in [0, 0.05) is 16.8 Å². The van der Waals surface area contributed by atoms with Crippen LogP contribution in [0.2, 0.25) is 0 Å². The molecule has 6 aromatic carbocycles. The molecule has 0 saturated carbocycles. The lowest BCUT2D eigenvalue weighted by molar-refractivity contribution is 0.454. The zero-order chi connectivity index (χ0) is 27.4. The molecule has 1 heterocycles. The molecule has 8 rings (SSSR count). The van der Waals surface area contributed by atoms with Crippen molar-refractivity contribution < 1.29 is 4.74 Å². The van der Waals surface area contributed by atoms with Crippen molar-refractivity contribution in [2.75, 3.05) is 5.32 Å². The first-order valence-corrected chi connectivity index (χ1v) is 14.7. The lowest BCUT2D eigenvalue weighted by atomic mass is 9.74. The number of rotatable bonds is 4. The average Bonchev–Trinajstić information content (AvgIpc) is 3.29. The Kier molecular flexibility index (Phi) is 5.54. The van der Waals surface area contributed by atoms with E-state index in [4.69, 9.17) is 4.74 Å². The lowest BCUT2D eigenvalue weighted by Gasteiger charge is -2.28. The highest BCUT2D eigenvalue weighted by Crippen LogP contribution is 2.52. The van der Waals surface area contributed by atoms with Crippen molar-refractivity contribution in [3.8, 4) is 33.8 Å². The second-order valence-corrected chi connectivity index (χ2v) is 11.9. The molecule has 2 nitrogen and oxygen atoms in total. The molecule has 1 aliphatic carbocycles. The normalized spacial score (nSPS) is 13.8. The highest BCUT2D eigenvalue weighted by molar-refractivity contribution is 7.99. The molecule has 0 radical (unpaired) electrons. The fourth-order valence-corrected chi connectivity index (χ4v) is 7.31. The zero-order valence-corrected chi connectivity index (χ0v) is 23.4. The molecule has 0 bridgehead atoms. The standard InChI is InChI=1S/C38H27NOS/c1-38(32-16-4-2-14-30(32)31-15-3-5-17-33(31)38)27-11-9-13-29(24-27)39-28-12-8-10-25(22-28)26-20-21-35-37(23-26)41-36-19-7-6-18-34(36)40-35/h2-24,39H,1H3. The van der Waals surface area contributed by atoms with Crippen LogP contribution in [0.5, 0.6) is 11.5 Å². The van der Waals surface area contributed by atoms with Gasteiger partial charge in [-0.3, -0.25) is 0 Å². The van der Waals surface area contributed by atoms with Crippen LogP contribution in [0.4, 0.5) is 11.4 Å². The fraction of sp³-hybridized carbons (Fsp3) is 0.0526. The van der Waals surface area contributed by atoms with Gasteiger partial charge in [-0.05, 0) is 94.4 Å². The Morgan fingerprint density at radius 2 is 1.17 bits per heavy atom. The van der Waals surface area contributed by atoms with Crippen molar-refractivity contribution in [1.29, 1.82) is 0 Å². The average molecular weight is 546 g/mol. The monoisotopic (exact) mass is 545 g/mol. The van der Waals surface area contributed by atoms with Crippen LogP contribution in [0.15, 0.2) is 149 Å². The Labute approximate surface area is 244 Å². The minimum absolute atomic E-state index is 0.214. The Morgan fingerprint density at radius 3 is 1.98 bits per heavy atom. The summed E-state index contributed by atoms with van der Waals surface area (Å²) in [5.74, 6) is 1.83. The van der Waals surface area contributed by atoms with Gasteiger partial charge in [0.05, 0.1) is 9.79 Å². The van der Waals surface area contributed by atoms with Gasteiger partial charge in [0.1, 0.15) is 11.5 Å². The first-order valence-electron chi connectivity index (χ1n) is 13.9. The van der Waals surface area contributed by atoms with Crippen molar-refractivity contribution in [2.45, 2.75) is 22.1 Å². The van der Waals surface area contributed by atoms with E-state index in [1.54, 1.807) is 11.8 Å². The second-order valence-electron chi connectivity index (χ2n) is 10.8. The molecule has 0 spiro atoms. The maximum absolute atomic E-state index is 6.14. The SMILES string of the molecule is CC1(c2cccc(Nc3cccc(-c4ccc5c(c4)Sc4ccccc4O5)c3)c2)c2ccccc2-c2ccccc21. The van der Waals surface area contributed by atoms with E-state index in [1.807, 2.05) is 12.1 Å². The molecule has 0 unspecified atom stereocenters. The van der Waals surface area contributed by atoms with Crippen LogP contribution in [-0.2, 0) is 5.41 Å². The second kappa shape index (κ2) is 9.43. The van der Waals surface area contributed by atoms with Gasteiger partial charge in [-0.25, -0.2) is 0 Å². The van der Waals surface area contributed by atoms with Gasteiger partial charge in [-0.2, -0.15) is 0 Å². The smallest absolute Gasteiger partial charge is 0.141 e. The van der Waals surface area contributed by atoms with E-state index in [2.05, 4.69) is 140 Å². The molecular formula is C38H27NOS. The summed E-state index contributed by atoms with van der Waals surface area (Å²) >= 11 is 1.76. The molecule has 2 aliphatic rings. The number of fused-ring (bicyclic) bond motifs is 5. The molecule has 196 valence electrons. The largest absolute Gasteiger partial charge is 0.455 e. The number of hydrogen-bond acceptors (Lipinski definition) is 3. The number of benzene rings is 6. The van der Waals surface area contributed by atoms with Gasteiger partial charge < -0.3 is 10.1 Å². The number of nitrogens with one attached hydrogen (secondary N) is 1. The van der Waals surface area contributed by atoms with E-state index in [-0.39, 0.29) is 5.41 Å². The topological polar surface area (TPSA) is 21.3 Å². The van der Waals surface area contributed by atoms with E-state index >= 15 is 0 Å². The Balaban J connectivity index is 1.11. The predicted octanol–water partition coefficient (Wildman–Crippen LogP) is 10.7. The van der Waals surface area contributed by atoms with Gasteiger partial charge in [0.25, 0.3) is 0 Å². The molecule has 3 heteroatoms. The van der Waals surface area contributed by atoms with Crippen molar-refractivity contribution in [3.05, 3.63) is 156 Å². The van der Waals surface area contributed by atoms with Crippen molar-refractivity contribution >= 4 is 23.1 Å². The summed E-state index contributed by atoms with van der Waals surface area (Å²) in [6.07, 6.45) is 0. The summed E-state index contributed by atoms with van der Waals surface area (Å²) in [6, 6.07) is 49.8. The van der Waals surface area contributed by atoms with E-state index in [1.165, 1.54) is 38.9 Å². The van der Waals surface area contributed by atoms with Gasteiger partial charge in [-0.1, -0.05) is 103 Å². The van der Waals surface area contributed by atoms with Crippen LogP contribution in [-0.4, -0.2) is 0 Å². The van der Waals surface area contributed by atoms with Crippen LogP contribution < -0.4 is 10.1 Å². The van der Waals surface area contributed by atoms with Gasteiger partial charge in [0.2, 0.25) is 0 Å². The van der Waals surface area contributed by atoms with Crippen LogP contribution >= 0.6 is 11.8 Å². The minimum atomic E-state index is -0.214. The van der Waals surface area contributed by atoms with E-state index in [9.17, 15) is 0 Å². The quantitative estimate of drug-likeness (QED) is 0.238. The van der Waals surface area contributed by atoms with Crippen molar-refractivity contribution in [3.63, 3.8) is 0 Å². The van der Waals surface area contributed by atoms with Gasteiger partial charge >= 0.3 is 0 Å². The number of hydrogen-bond donors (Lipinski definition) is 1. The van der Waals surface area contributed by atoms with Crippen molar-refractivity contribution in [2.24, 2.45) is 0 Å².